The molecule has 0 saturated heterocycles. The zero-order chi connectivity index (χ0) is 26.5. The number of hydrogen-bond donors (Lipinski definition) is 2. The van der Waals surface area contributed by atoms with Crippen LogP contribution < -0.4 is 19.8 Å². The van der Waals surface area contributed by atoms with Crippen LogP contribution in [-0.2, 0) is 16.4 Å². The van der Waals surface area contributed by atoms with Crippen molar-refractivity contribution in [3.8, 4) is 23.1 Å². The molecule has 12 heteroatoms. The van der Waals surface area contributed by atoms with Gasteiger partial charge in [-0.25, -0.2) is 18.4 Å². The summed E-state index contributed by atoms with van der Waals surface area (Å²) in [5.41, 5.74) is -0.273. The van der Waals surface area contributed by atoms with Gasteiger partial charge >= 0.3 is 0 Å². The fourth-order valence-electron chi connectivity index (χ4n) is 3.76. The van der Waals surface area contributed by atoms with Crippen molar-refractivity contribution < 1.29 is 23.0 Å². The summed E-state index contributed by atoms with van der Waals surface area (Å²) in [6, 6.07) is 5.00. The molecule has 0 fully saturated rings. The number of methoxy groups -OCH3 is 2. The van der Waals surface area contributed by atoms with Gasteiger partial charge in [0.2, 0.25) is 15.9 Å². The minimum atomic E-state index is -4.07. The van der Waals surface area contributed by atoms with E-state index in [0.717, 1.165) is 12.0 Å². The third kappa shape index (κ3) is 5.93. The number of benzene rings is 1. The number of para-hydroxylation sites is 1. The van der Waals surface area contributed by atoms with Crippen LogP contribution in [0.4, 0.5) is 5.69 Å². The predicted octanol–water partition coefficient (Wildman–Crippen LogP) is 2.94. The summed E-state index contributed by atoms with van der Waals surface area (Å²) in [6.07, 6.45) is 4.67. The van der Waals surface area contributed by atoms with Gasteiger partial charge < -0.3 is 14.6 Å². The van der Waals surface area contributed by atoms with Gasteiger partial charge in [0, 0.05) is 24.7 Å². The molecule has 0 amide bonds. The highest BCUT2D eigenvalue weighted by Gasteiger charge is 2.27. The van der Waals surface area contributed by atoms with Crippen LogP contribution in [0.1, 0.15) is 49.8 Å². The number of aromatic hydroxyl groups is 1. The molecule has 0 aliphatic heterocycles. The molecule has 3 rings (SSSR count). The van der Waals surface area contributed by atoms with Crippen LogP contribution in [-0.4, -0.2) is 53.0 Å². The minimum absolute atomic E-state index is 0.0178. The second-order valence-corrected chi connectivity index (χ2v) is 10.2. The Labute approximate surface area is 210 Å². The lowest BCUT2D eigenvalue weighted by Crippen LogP contribution is -2.31. The van der Waals surface area contributed by atoms with Gasteiger partial charge in [0.15, 0.2) is 5.69 Å². The van der Waals surface area contributed by atoms with Crippen LogP contribution >= 0.6 is 0 Å². The smallest absolute Gasteiger partial charge is 0.286 e. The van der Waals surface area contributed by atoms with Crippen LogP contribution in [0.15, 0.2) is 35.4 Å². The number of rotatable bonds is 11. The van der Waals surface area contributed by atoms with E-state index in [4.69, 9.17) is 9.47 Å². The Kier molecular flexibility index (Phi) is 8.51. The van der Waals surface area contributed by atoms with Crippen LogP contribution in [0, 0.1) is 6.92 Å². The molecule has 3 aromatic rings. The van der Waals surface area contributed by atoms with Crippen LogP contribution in [0.5, 0.6) is 17.4 Å². The fraction of sp³-hybridized carbons (Fsp3) is 0.417. The van der Waals surface area contributed by atoms with Gasteiger partial charge in [-0.1, -0.05) is 26.3 Å². The summed E-state index contributed by atoms with van der Waals surface area (Å²) in [4.78, 5) is 26.2. The molecule has 2 N–H and O–H groups in total. The number of hydrogen-bond acceptors (Lipinski definition) is 9. The van der Waals surface area contributed by atoms with Gasteiger partial charge in [0.25, 0.3) is 5.56 Å². The largest absolute Gasteiger partial charge is 0.494 e. The molecular weight excluding hydrogens is 486 g/mol. The van der Waals surface area contributed by atoms with E-state index in [0.29, 0.717) is 23.7 Å². The van der Waals surface area contributed by atoms with Crippen molar-refractivity contribution in [1.29, 1.82) is 0 Å². The van der Waals surface area contributed by atoms with E-state index in [2.05, 4.69) is 19.7 Å². The lowest BCUT2D eigenvalue weighted by molar-refractivity contribution is 0.387. The summed E-state index contributed by atoms with van der Waals surface area (Å²) in [6.45, 7) is 5.68. The zero-order valence-electron chi connectivity index (χ0n) is 21.0. The molecule has 2 heterocycles. The maximum atomic E-state index is 13.7. The van der Waals surface area contributed by atoms with Gasteiger partial charge in [0.1, 0.15) is 28.8 Å². The lowest BCUT2D eigenvalue weighted by atomic mass is 10.0. The molecule has 194 valence electrons. The zero-order valence-corrected chi connectivity index (χ0v) is 21.8. The Bertz CT molecular complexity index is 1350. The van der Waals surface area contributed by atoms with E-state index in [1.54, 1.807) is 30.6 Å². The number of sulfonamides is 1. The highest BCUT2D eigenvalue weighted by molar-refractivity contribution is 7.92. The van der Waals surface area contributed by atoms with Crippen LogP contribution in [0.25, 0.3) is 5.69 Å². The maximum Gasteiger partial charge on any atom is 0.286 e. The van der Waals surface area contributed by atoms with Crippen LogP contribution in [0.2, 0.25) is 0 Å². The summed E-state index contributed by atoms with van der Waals surface area (Å²) in [5, 5.41) is 10.7. The van der Waals surface area contributed by atoms with E-state index in [-0.39, 0.29) is 23.9 Å². The Morgan fingerprint density at radius 3 is 2.31 bits per heavy atom. The molecule has 1 aromatic carbocycles. The predicted molar refractivity (Wildman–Crippen MR) is 136 cm³/mol. The highest BCUT2D eigenvalue weighted by atomic mass is 32.2. The molecule has 0 radical (unpaired) electrons. The summed E-state index contributed by atoms with van der Waals surface area (Å²) in [5.74, 6) is -0.128. The van der Waals surface area contributed by atoms with Crippen molar-refractivity contribution in [2.75, 3.05) is 24.7 Å². The minimum Gasteiger partial charge on any atom is -0.494 e. The first-order valence-corrected chi connectivity index (χ1v) is 13.1. The molecule has 1 atom stereocenters. The lowest BCUT2D eigenvalue weighted by Gasteiger charge is -2.22. The van der Waals surface area contributed by atoms with Crippen molar-refractivity contribution in [1.82, 2.24) is 19.5 Å². The number of aromatic nitrogens is 4. The molecule has 0 bridgehead atoms. The van der Waals surface area contributed by atoms with Gasteiger partial charge in [-0.2, -0.15) is 4.98 Å². The topological polar surface area (TPSA) is 146 Å². The number of anilines is 1. The maximum absolute atomic E-state index is 13.7. The fourth-order valence-corrected chi connectivity index (χ4v) is 4.80. The molecule has 0 unspecified atom stereocenters. The van der Waals surface area contributed by atoms with E-state index in [9.17, 15) is 18.3 Å². The highest BCUT2D eigenvalue weighted by Crippen LogP contribution is 2.35. The Morgan fingerprint density at radius 2 is 1.75 bits per heavy atom. The van der Waals surface area contributed by atoms with E-state index < -0.39 is 32.9 Å². The average Bonchev–Trinajstić information content (AvgIpc) is 2.85. The second-order valence-electron chi connectivity index (χ2n) is 8.36. The standard InChI is InChI=1S/C24H31N5O6S/c1-6-8-16(3)22-27-23(30)20(28-36(32,33)12-11-19-25-13-15(2)14-26-19)24(31)29(22)21-17(34-4)9-7-10-18(21)35-5/h7,9-10,13-14,16,28,30H,6,8,11-12H2,1-5H3/t16-/m0/s1. The number of ether oxygens (including phenoxy) is 2. The molecule has 2 aromatic heterocycles. The van der Waals surface area contributed by atoms with Gasteiger partial charge in [-0.15, -0.1) is 0 Å². The number of aryl methyl sites for hydroxylation is 2. The Hall–Kier alpha value is -3.67. The van der Waals surface area contributed by atoms with Crippen molar-refractivity contribution in [2.24, 2.45) is 0 Å². The molecule has 11 nitrogen and oxygen atoms in total. The van der Waals surface area contributed by atoms with E-state index >= 15 is 0 Å². The second kappa shape index (κ2) is 11.4. The molecule has 0 saturated carbocycles. The molecular formula is C24H31N5O6S. The molecule has 0 aliphatic rings. The first-order valence-electron chi connectivity index (χ1n) is 11.5. The summed E-state index contributed by atoms with van der Waals surface area (Å²) < 4.78 is 40.1. The van der Waals surface area contributed by atoms with Gasteiger partial charge in [-0.3, -0.25) is 14.1 Å². The number of nitrogens with zero attached hydrogens (tertiary/aromatic N) is 4. The molecule has 36 heavy (non-hydrogen) atoms. The Balaban J connectivity index is 2.12. The monoisotopic (exact) mass is 517 g/mol. The van der Waals surface area contributed by atoms with Gasteiger partial charge in [-0.05, 0) is 31.0 Å². The van der Waals surface area contributed by atoms with Crippen molar-refractivity contribution in [2.45, 2.75) is 46.0 Å². The van der Waals surface area contributed by atoms with Crippen molar-refractivity contribution >= 4 is 15.7 Å². The first-order chi connectivity index (χ1) is 17.1. The van der Waals surface area contributed by atoms with Crippen LogP contribution in [0.3, 0.4) is 0 Å². The third-order valence-corrected chi connectivity index (χ3v) is 6.82. The SMILES string of the molecule is CCC[C@H](C)c1nc(O)c(NS(=O)(=O)CCc2ncc(C)cn2)c(=O)n1-c1c(OC)cccc1OC. The summed E-state index contributed by atoms with van der Waals surface area (Å²) in [7, 11) is -1.17. The Morgan fingerprint density at radius 1 is 1.14 bits per heavy atom. The summed E-state index contributed by atoms with van der Waals surface area (Å²) >= 11 is 0. The van der Waals surface area contributed by atoms with E-state index in [1.165, 1.54) is 18.8 Å². The quantitative estimate of drug-likeness (QED) is 0.392. The molecule has 0 aliphatic carbocycles. The first kappa shape index (κ1) is 26.9. The van der Waals surface area contributed by atoms with Crippen molar-refractivity contribution in [3.05, 3.63) is 58.2 Å². The third-order valence-electron chi connectivity index (χ3n) is 5.56. The van der Waals surface area contributed by atoms with Gasteiger partial charge in [0.05, 0.1) is 20.0 Å². The van der Waals surface area contributed by atoms with Crippen molar-refractivity contribution in [3.63, 3.8) is 0 Å². The van der Waals surface area contributed by atoms with E-state index in [1.807, 2.05) is 20.8 Å². The average molecular weight is 518 g/mol. The molecule has 0 spiro atoms. The normalized spacial score (nSPS) is 12.2. The number of nitrogens with one attached hydrogen (secondary N) is 1.